The Morgan fingerprint density at radius 1 is 1.14 bits per heavy atom. The summed E-state index contributed by atoms with van der Waals surface area (Å²) in [4.78, 5) is 24.2. The molecule has 0 aliphatic carbocycles. The number of hydrogen-bond acceptors (Lipinski definition) is 7. The second-order valence-electron chi connectivity index (χ2n) is 8.01. The maximum Gasteiger partial charge on any atom is 0.347 e. The van der Waals surface area contributed by atoms with Crippen molar-refractivity contribution in [2.75, 3.05) is 20.2 Å². The number of esters is 2. The molecule has 1 aromatic rings. The molecule has 0 radical (unpaired) electrons. The molecule has 2 aliphatic rings. The van der Waals surface area contributed by atoms with Gasteiger partial charge in [-0.1, -0.05) is 13.8 Å². The quantitative estimate of drug-likeness (QED) is 0.667. The molecule has 0 amide bonds. The van der Waals surface area contributed by atoms with Crippen molar-refractivity contribution in [2.45, 2.75) is 50.7 Å². The van der Waals surface area contributed by atoms with E-state index in [1.807, 2.05) is 13.8 Å². The van der Waals surface area contributed by atoms with Gasteiger partial charge in [0, 0.05) is 19.5 Å². The van der Waals surface area contributed by atoms with E-state index >= 15 is 0 Å². The summed E-state index contributed by atoms with van der Waals surface area (Å²) in [5.41, 5.74) is 0.0369. The third-order valence-electron chi connectivity index (χ3n) is 5.23. The van der Waals surface area contributed by atoms with Crippen molar-refractivity contribution in [1.29, 1.82) is 0 Å². The predicted molar refractivity (Wildman–Crippen MR) is 104 cm³/mol. The number of methoxy groups -OCH3 is 1. The van der Waals surface area contributed by atoms with Gasteiger partial charge in [-0.15, -0.1) is 0 Å². The molecule has 0 aromatic heterocycles. The average molecular weight is 426 g/mol. The van der Waals surface area contributed by atoms with Gasteiger partial charge in [-0.05, 0) is 43.4 Å². The first-order valence-corrected chi connectivity index (χ1v) is 11.2. The minimum Gasteiger partial charge on any atom is -0.495 e. The van der Waals surface area contributed by atoms with Crippen LogP contribution < -0.4 is 4.74 Å². The number of nitrogens with zero attached hydrogens (tertiary/aromatic N) is 1. The number of rotatable bonds is 5. The van der Waals surface area contributed by atoms with E-state index in [9.17, 15) is 18.0 Å². The Kier molecular flexibility index (Phi) is 6.19. The van der Waals surface area contributed by atoms with E-state index in [4.69, 9.17) is 14.2 Å². The molecule has 2 fully saturated rings. The van der Waals surface area contributed by atoms with E-state index in [1.165, 1.54) is 29.6 Å². The highest BCUT2D eigenvalue weighted by Crippen LogP contribution is 2.32. The highest BCUT2D eigenvalue weighted by Gasteiger charge is 2.37. The zero-order chi connectivity index (χ0) is 21.3. The summed E-state index contributed by atoms with van der Waals surface area (Å²) >= 11 is 0. The van der Waals surface area contributed by atoms with Crippen LogP contribution in [0.4, 0.5) is 0 Å². The number of piperidine rings is 1. The second kappa shape index (κ2) is 8.31. The number of carbonyl (C=O) groups is 2. The molecule has 4 atom stereocenters. The molecule has 4 unspecified atom stereocenters. The van der Waals surface area contributed by atoms with Gasteiger partial charge >= 0.3 is 11.9 Å². The first-order valence-electron chi connectivity index (χ1n) is 9.71. The van der Waals surface area contributed by atoms with Crippen LogP contribution in [0.1, 0.15) is 44.0 Å². The largest absolute Gasteiger partial charge is 0.495 e. The molecule has 0 spiro atoms. The van der Waals surface area contributed by atoms with Crippen LogP contribution in [0.5, 0.6) is 5.75 Å². The molecule has 1 aromatic carbocycles. The molecule has 0 saturated carbocycles. The maximum absolute atomic E-state index is 13.3. The van der Waals surface area contributed by atoms with Crippen LogP contribution >= 0.6 is 0 Å². The number of ether oxygens (including phenoxy) is 3. The highest BCUT2D eigenvalue weighted by atomic mass is 32.2. The molecule has 3 rings (SSSR count). The topological polar surface area (TPSA) is 99.2 Å². The molecule has 0 bridgehead atoms. The van der Waals surface area contributed by atoms with Crippen molar-refractivity contribution in [1.82, 2.24) is 4.31 Å². The van der Waals surface area contributed by atoms with Crippen LogP contribution in [0.15, 0.2) is 23.1 Å². The van der Waals surface area contributed by atoms with Crippen LogP contribution in [0.3, 0.4) is 0 Å². The van der Waals surface area contributed by atoms with E-state index in [0.29, 0.717) is 13.1 Å². The minimum absolute atomic E-state index is 0.0369. The molecular formula is C20H27NO7S. The number of hydrogen-bond donors (Lipinski definition) is 0. The van der Waals surface area contributed by atoms with Crippen molar-refractivity contribution in [3.05, 3.63) is 23.8 Å². The van der Waals surface area contributed by atoms with Crippen molar-refractivity contribution in [2.24, 2.45) is 11.8 Å². The Morgan fingerprint density at radius 2 is 1.79 bits per heavy atom. The van der Waals surface area contributed by atoms with Gasteiger partial charge < -0.3 is 14.2 Å². The van der Waals surface area contributed by atoms with Gasteiger partial charge in [0.1, 0.15) is 16.7 Å². The monoisotopic (exact) mass is 425 g/mol. The molecular weight excluding hydrogens is 398 g/mol. The third kappa shape index (κ3) is 4.56. The molecule has 2 saturated heterocycles. The maximum atomic E-state index is 13.3. The van der Waals surface area contributed by atoms with Gasteiger partial charge in [-0.3, -0.25) is 0 Å². The van der Waals surface area contributed by atoms with Gasteiger partial charge in [0.15, 0.2) is 0 Å². The average Bonchev–Trinajstić information content (AvgIpc) is 2.97. The molecule has 8 nitrogen and oxygen atoms in total. The summed E-state index contributed by atoms with van der Waals surface area (Å²) in [7, 11) is -2.49. The fraction of sp³-hybridized carbons (Fsp3) is 0.600. The van der Waals surface area contributed by atoms with Crippen molar-refractivity contribution in [3.8, 4) is 5.75 Å². The fourth-order valence-corrected chi connectivity index (χ4v) is 5.82. The van der Waals surface area contributed by atoms with Crippen LogP contribution in [0, 0.1) is 11.8 Å². The minimum atomic E-state index is -3.86. The Bertz CT molecular complexity index is 888. The van der Waals surface area contributed by atoms with E-state index in [-0.39, 0.29) is 40.6 Å². The molecule has 160 valence electrons. The smallest absolute Gasteiger partial charge is 0.347 e. The van der Waals surface area contributed by atoms with Crippen LogP contribution in [-0.2, 0) is 24.3 Å². The summed E-state index contributed by atoms with van der Waals surface area (Å²) in [6.07, 6.45) is -0.0698. The van der Waals surface area contributed by atoms with Crippen LogP contribution in [0.25, 0.3) is 0 Å². The summed E-state index contributed by atoms with van der Waals surface area (Å²) in [6, 6.07) is 4.10. The van der Waals surface area contributed by atoms with Crippen molar-refractivity contribution in [3.63, 3.8) is 0 Å². The lowest BCUT2D eigenvalue weighted by molar-refractivity contribution is -0.147. The fourth-order valence-electron chi connectivity index (χ4n) is 3.96. The predicted octanol–water partition coefficient (Wildman–Crippen LogP) is 2.22. The number of sulfonamides is 1. The summed E-state index contributed by atoms with van der Waals surface area (Å²) in [5.74, 6) is -0.739. The van der Waals surface area contributed by atoms with E-state index < -0.39 is 28.1 Å². The highest BCUT2D eigenvalue weighted by molar-refractivity contribution is 7.89. The zero-order valence-electron chi connectivity index (χ0n) is 17.1. The third-order valence-corrected chi connectivity index (χ3v) is 7.08. The van der Waals surface area contributed by atoms with E-state index in [0.717, 1.165) is 6.42 Å². The lowest BCUT2D eigenvalue weighted by atomic mass is 9.94. The molecule has 2 aliphatic heterocycles. The van der Waals surface area contributed by atoms with Gasteiger partial charge in [0.05, 0.1) is 12.7 Å². The molecule has 9 heteroatoms. The number of carbonyl (C=O) groups excluding carboxylic acids is 2. The normalized spacial score (nSPS) is 28.1. The second-order valence-corrected chi connectivity index (χ2v) is 9.92. The van der Waals surface area contributed by atoms with Crippen LogP contribution in [0.2, 0.25) is 0 Å². The number of benzene rings is 1. The van der Waals surface area contributed by atoms with E-state index in [2.05, 4.69) is 0 Å². The standard InChI is InChI=1S/C20H27NO7S/c1-12-7-13(2)11-21(10-12)29(24,25)18-9-15(5-6-16(18)26-4)19(22)28-17-8-14(3)27-20(17)23/h5-6,9,12-14,17H,7-8,10-11H2,1-4H3. The Labute approximate surface area is 171 Å². The Balaban J connectivity index is 1.88. The van der Waals surface area contributed by atoms with Crippen molar-refractivity contribution < 1.29 is 32.2 Å². The Morgan fingerprint density at radius 3 is 2.34 bits per heavy atom. The molecule has 29 heavy (non-hydrogen) atoms. The molecule has 2 heterocycles. The van der Waals surface area contributed by atoms with E-state index in [1.54, 1.807) is 6.92 Å². The van der Waals surface area contributed by atoms with Gasteiger partial charge in [0.2, 0.25) is 16.1 Å². The number of cyclic esters (lactones) is 1. The summed E-state index contributed by atoms with van der Waals surface area (Å²) in [6.45, 7) is 6.58. The zero-order valence-corrected chi connectivity index (χ0v) is 17.9. The van der Waals surface area contributed by atoms with Gasteiger partial charge in [-0.25, -0.2) is 18.0 Å². The first kappa shape index (κ1) is 21.6. The first-order chi connectivity index (χ1) is 13.6. The summed E-state index contributed by atoms with van der Waals surface area (Å²) < 4.78 is 43.5. The van der Waals surface area contributed by atoms with Crippen LogP contribution in [-0.4, -0.2) is 57.1 Å². The van der Waals surface area contributed by atoms with Gasteiger partial charge in [0.25, 0.3) is 0 Å². The van der Waals surface area contributed by atoms with Gasteiger partial charge in [-0.2, -0.15) is 4.31 Å². The van der Waals surface area contributed by atoms with Crippen molar-refractivity contribution >= 4 is 22.0 Å². The molecule has 0 N–H and O–H groups in total. The lowest BCUT2D eigenvalue weighted by Crippen LogP contribution is -2.42. The Hall–Kier alpha value is -2.13. The lowest BCUT2D eigenvalue weighted by Gasteiger charge is -2.34. The SMILES string of the molecule is COc1ccc(C(=O)OC2CC(C)OC2=O)cc1S(=O)(=O)N1CC(C)CC(C)C1. The summed E-state index contributed by atoms with van der Waals surface area (Å²) in [5, 5.41) is 0.